The lowest BCUT2D eigenvalue weighted by atomic mass is 10.2. The van der Waals surface area contributed by atoms with E-state index in [0.717, 1.165) is 5.56 Å². The molecular weight excluding hydrogens is 248 g/mol. The molecule has 0 fully saturated rings. The molecular formula is C14H14O5. The van der Waals surface area contributed by atoms with Gasteiger partial charge in [-0.1, -0.05) is 30.3 Å². The van der Waals surface area contributed by atoms with Crippen LogP contribution in [0.5, 0.6) is 0 Å². The first-order chi connectivity index (χ1) is 9.22. The number of benzene rings is 1. The van der Waals surface area contributed by atoms with Gasteiger partial charge in [-0.2, -0.15) is 0 Å². The summed E-state index contributed by atoms with van der Waals surface area (Å²) in [5.74, 6) is -1.25. The number of hydrogen-bond acceptors (Lipinski definition) is 5. The normalized spacial score (nSPS) is 14.3. The maximum atomic E-state index is 11.6. The molecule has 0 spiro atoms. The molecule has 1 aromatic rings. The Kier molecular flexibility index (Phi) is 4.18. The van der Waals surface area contributed by atoms with Gasteiger partial charge in [0.15, 0.2) is 0 Å². The van der Waals surface area contributed by atoms with E-state index in [9.17, 15) is 9.59 Å². The molecule has 0 aromatic heterocycles. The van der Waals surface area contributed by atoms with Crippen molar-refractivity contribution < 1.29 is 23.8 Å². The second-order valence-corrected chi connectivity index (χ2v) is 3.88. The predicted octanol–water partition coefficient (Wildman–Crippen LogP) is 1.58. The molecule has 0 amide bonds. The zero-order valence-electron chi connectivity index (χ0n) is 10.5. The Morgan fingerprint density at radius 2 is 2.05 bits per heavy atom. The van der Waals surface area contributed by atoms with E-state index in [1.807, 2.05) is 30.3 Å². The molecule has 1 heterocycles. The average molecular weight is 262 g/mol. The average Bonchev–Trinajstić information content (AvgIpc) is 2.79. The minimum absolute atomic E-state index is 0.0534. The number of carbonyl (C=O) groups is 2. The van der Waals surface area contributed by atoms with Crippen molar-refractivity contribution in [1.82, 2.24) is 0 Å². The Balaban J connectivity index is 2.08. The summed E-state index contributed by atoms with van der Waals surface area (Å²) in [6.45, 7) is 2.04. The van der Waals surface area contributed by atoms with Crippen molar-refractivity contribution in [2.45, 2.75) is 13.5 Å². The van der Waals surface area contributed by atoms with E-state index < -0.39 is 11.9 Å². The molecule has 0 aliphatic carbocycles. The molecule has 0 unspecified atom stereocenters. The van der Waals surface area contributed by atoms with Crippen LogP contribution in [0.3, 0.4) is 0 Å². The van der Waals surface area contributed by atoms with Gasteiger partial charge >= 0.3 is 11.9 Å². The highest BCUT2D eigenvalue weighted by atomic mass is 16.6. The van der Waals surface area contributed by atoms with Crippen molar-refractivity contribution in [3.63, 3.8) is 0 Å². The Hall–Kier alpha value is -2.30. The van der Waals surface area contributed by atoms with Crippen LogP contribution in [0.15, 0.2) is 41.7 Å². The summed E-state index contributed by atoms with van der Waals surface area (Å²) in [4.78, 5) is 23.1. The van der Waals surface area contributed by atoms with Crippen LogP contribution in [0, 0.1) is 0 Å². The maximum absolute atomic E-state index is 11.6. The molecule has 0 bridgehead atoms. The van der Waals surface area contributed by atoms with Crippen LogP contribution in [-0.2, 0) is 30.4 Å². The van der Waals surface area contributed by atoms with Crippen molar-refractivity contribution in [2.75, 3.05) is 13.2 Å². The summed E-state index contributed by atoms with van der Waals surface area (Å²) in [6.07, 6.45) is 0. The van der Waals surface area contributed by atoms with Gasteiger partial charge in [0.05, 0.1) is 6.61 Å². The van der Waals surface area contributed by atoms with Crippen LogP contribution in [0.4, 0.5) is 0 Å². The zero-order valence-corrected chi connectivity index (χ0v) is 10.5. The van der Waals surface area contributed by atoms with Crippen LogP contribution in [0.1, 0.15) is 12.5 Å². The molecule has 0 radical (unpaired) electrons. The van der Waals surface area contributed by atoms with Gasteiger partial charge in [-0.15, -0.1) is 0 Å². The van der Waals surface area contributed by atoms with Crippen molar-refractivity contribution in [1.29, 1.82) is 0 Å². The van der Waals surface area contributed by atoms with Crippen molar-refractivity contribution >= 4 is 11.9 Å². The fourth-order valence-corrected chi connectivity index (χ4v) is 1.64. The summed E-state index contributed by atoms with van der Waals surface area (Å²) in [5, 5.41) is 0. The summed E-state index contributed by atoms with van der Waals surface area (Å²) in [6, 6.07) is 9.35. The minimum atomic E-state index is -0.626. The van der Waals surface area contributed by atoms with E-state index in [-0.39, 0.29) is 31.2 Å². The molecule has 0 saturated carbocycles. The van der Waals surface area contributed by atoms with Gasteiger partial charge in [-0.3, -0.25) is 0 Å². The number of ether oxygens (including phenoxy) is 3. The third kappa shape index (κ3) is 3.13. The molecule has 19 heavy (non-hydrogen) atoms. The standard InChI is InChI=1S/C14H14O5/c1-2-17-13(15)11-9-19-14(16)12(11)18-8-10-6-4-3-5-7-10/h3-7H,2,8-9H2,1H3. The van der Waals surface area contributed by atoms with Crippen LogP contribution in [-0.4, -0.2) is 25.2 Å². The lowest BCUT2D eigenvalue weighted by molar-refractivity contribution is -0.139. The maximum Gasteiger partial charge on any atom is 0.374 e. The van der Waals surface area contributed by atoms with E-state index in [0.29, 0.717) is 0 Å². The molecule has 2 rings (SSSR count). The SMILES string of the molecule is CCOC(=O)C1=C(OCc2ccccc2)C(=O)OC1. The highest BCUT2D eigenvalue weighted by molar-refractivity contribution is 6.02. The zero-order chi connectivity index (χ0) is 13.7. The van der Waals surface area contributed by atoms with Gasteiger partial charge in [0.25, 0.3) is 0 Å². The molecule has 5 heteroatoms. The molecule has 100 valence electrons. The summed E-state index contributed by atoms with van der Waals surface area (Å²) in [5.41, 5.74) is 1.04. The Morgan fingerprint density at radius 3 is 2.74 bits per heavy atom. The smallest absolute Gasteiger partial charge is 0.374 e. The Labute approximate surface area is 110 Å². The van der Waals surface area contributed by atoms with Crippen LogP contribution >= 0.6 is 0 Å². The van der Waals surface area contributed by atoms with Gasteiger partial charge in [0, 0.05) is 0 Å². The lowest BCUT2D eigenvalue weighted by Gasteiger charge is -2.06. The van der Waals surface area contributed by atoms with E-state index in [2.05, 4.69) is 0 Å². The van der Waals surface area contributed by atoms with Crippen molar-refractivity contribution in [3.05, 3.63) is 47.2 Å². The van der Waals surface area contributed by atoms with E-state index in [1.54, 1.807) is 6.92 Å². The van der Waals surface area contributed by atoms with Crippen LogP contribution in [0.25, 0.3) is 0 Å². The highest BCUT2D eigenvalue weighted by Crippen LogP contribution is 2.20. The van der Waals surface area contributed by atoms with Gasteiger partial charge in [0.1, 0.15) is 18.8 Å². The van der Waals surface area contributed by atoms with E-state index in [4.69, 9.17) is 14.2 Å². The molecule has 1 aliphatic rings. The molecule has 0 saturated heterocycles. The van der Waals surface area contributed by atoms with E-state index in [1.165, 1.54) is 0 Å². The van der Waals surface area contributed by atoms with Crippen LogP contribution < -0.4 is 0 Å². The van der Waals surface area contributed by atoms with Gasteiger partial charge in [0.2, 0.25) is 5.76 Å². The summed E-state index contributed by atoms with van der Waals surface area (Å²) < 4.78 is 15.0. The number of carbonyl (C=O) groups excluding carboxylic acids is 2. The van der Waals surface area contributed by atoms with Crippen LogP contribution in [0.2, 0.25) is 0 Å². The predicted molar refractivity (Wildman–Crippen MR) is 65.8 cm³/mol. The van der Waals surface area contributed by atoms with Gasteiger partial charge < -0.3 is 14.2 Å². The minimum Gasteiger partial charge on any atom is -0.481 e. The first-order valence-corrected chi connectivity index (χ1v) is 5.96. The number of cyclic esters (lactones) is 1. The monoisotopic (exact) mass is 262 g/mol. The number of esters is 2. The second-order valence-electron chi connectivity index (χ2n) is 3.88. The second kappa shape index (κ2) is 6.04. The Bertz CT molecular complexity index is 504. The quantitative estimate of drug-likeness (QED) is 0.754. The summed E-state index contributed by atoms with van der Waals surface area (Å²) in [7, 11) is 0. The molecule has 5 nitrogen and oxygen atoms in total. The third-order valence-corrected chi connectivity index (χ3v) is 2.55. The molecule has 0 atom stereocenters. The molecule has 0 N–H and O–H groups in total. The van der Waals surface area contributed by atoms with Crippen molar-refractivity contribution in [2.24, 2.45) is 0 Å². The fraction of sp³-hybridized carbons (Fsp3) is 0.286. The molecule has 1 aromatic carbocycles. The lowest BCUT2D eigenvalue weighted by Crippen LogP contribution is -2.11. The number of rotatable bonds is 5. The first kappa shape index (κ1) is 13.1. The first-order valence-electron chi connectivity index (χ1n) is 5.96. The molecule has 1 aliphatic heterocycles. The third-order valence-electron chi connectivity index (χ3n) is 2.55. The number of hydrogen-bond donors (Lipinski definition) is 0. The van der Waals surface area contributed by atoms with Gasteiger partial charge in [-0.25, -0.2) is 9.59 Å². The van der Waals surface area contributed by atoms with Crippen molar-refractivity contribution in [3.8, 4) is 0 Å². The Morgan fingerprint density at radius 1 is 1.32 bits per heavy atom. The summed E-state index contributed by atoms with van der Waals surface area (Å²) >= 11 is 0. The van der Waals surface area contributed by atoms with E-state index >= 15 is 0 Å². The topological polar surface area (TPSA) is 61.8 Å². The fourth-order valence-electron chi connectivity index (χ4n) is 1.64. The highest BCUT2D eigenvalue weighted by Gasteiger charge is 2.32. The largest absolute Gasteiger partial charge is 0.481 e. The van der Waals surface area contributed by atoms with Gasteiger partial charge in [-0.05, 0) is 12.5 Å².